The van der Waals surface area contributed by atoms with E-state index in [-0.39, 0.29) is 0 Å². The first-order chi connectivity index (χ1) is 8.22. The molecule has 0 aromatic heterocycles. The first kappa shape index (κ1) is 12.4. The standard InChI is InChI=1S/C15H23NO/c1-12-13-8-9-15(17-3)14(12)7-5-4-6-10-16(2)11-13/h8-9H,4-7,10-11H2,1-3H3. The minimum atomic E-state index is 1.06. The van der Waals surface area contributed by atoms with Crippen molar-refractivity contribution in [3.63, 3.8) is 0 Å². The van der Waals surface area contributed by atoms with Crippen molar-refractivity contribution in [2.45, 2.75) is 39.2 Å². The molecule has 17 heavy (non-hydrogen) atoms. The molecule has 1 aromatic carbocycles. The minimum absolute atomic E-state index is 1.06. The zero-order valence-electron chi connectivity index (χ0n) is 11.3. The Balaban J connectivity index is 2.37. The molecule has 1 aliphatic rings. The molecule has 2 bridgehead atoms. The second-order valence-electron chi connectivity index (χ2n) is 5.08. The summed E-state index contributed by atoms with van der Waals surface area (Å²) in [5, 5.41) is 0. The van der Waals surface area contributed by atoms with E-state index >= 15 is 0 Å². The molecule has 1 heterocycles. The molecule has 0 aliphatic carbocycles. The lowest BCUT2D eigenvalue weighted by Crippen LogP contribution is -2.20. The maximum Gasteiger partial charge on any atom is 0.122 e. The Kier molecular flexibility index (Phi) is 4.06. The quantitative estimate of drug-likeness (QED) is 0.739. The van der Waals surface area contributed by atoms with E-state index in [1.165, 1.54) is 42.5 Å². The zero-order chi connectivity index (χ0) is 12.3. The van der Waals surface area contributed by atoms with Gasteiger partial charge in [-0.1, -0.05) is 12.5 Å². The molecule has 1 aliphatic heterocycles. The van der Waals surface area contributed by atoms with Crippen LogP contribution in [0.4, 0.5) is 0 Å². The molecule has 2 nitrogen and oxygen atoms in total. The Morgan fingerprint density at radius 1 is 1.18 bits per heavy atom. The predicted molar refractivity (Wildman–Crippen MR) is 71.6 cm³/mol. The number of fused-ring (bicyclic) bond motifs is 2. The number of hydrogen-bond acceptors (Lipinski definition) is 2. The van der Waals surface area contributed by atoms with Gasteiger partial charge in [0, 0.05) is 6.54 Å². The van der Waals surface area contributed by atoms with Crippen LogP contribution < -0.4 is 4.74 Å². The summed E-state index contributed by atoms with van der Waals surface area (Å²) in [5.41, 5.74) is 4.30. The molecule has 2 rings (SSSR count). The Labute approximate surface area is 105 Å². The smallest absolute Gasteiger partial charge is 0.122 e. The molecule has 0 saturated carbocycles. The van der Waals surface area contributed by atoms with E-state index in [2.05, 4.69) is 31.0 Å². The van der Waals surface area contributed by atoms with Crippen molar-refractivity contribution in [1.29, 1.82) is 0 Å². The van der Waals surface area contributed by atoms with Crippen molar-refractivity contribution in [2.24, 2.45) is 0 Å². The first-order valence-corrected chi connectivity index (χ1v) is 6.56. The Hall–Kier alpha value is -1.02. The molecule has 0 unspecified atom stereocenters. The van der Waals surface area contributed by atoms with Crippen LogP contribution in [-0.2, 0) is 13.0 Å². The van der Waals surface area contributed by atoms with E-state index in [1.54, 1.807) is 7.11 Å². The Morgan fingerprint density at radius 3 is 2.76 bits per heavy atom. The van der Waals surface area contributed by atoms with Crippen molar-refractivity contribution >= 4 is 0 Å². The summed E-state index contributed by atoms with van der Waals surface area (Å²) >= 11 is 0. The van der Waals surface area contributed by atoms with Crippen LogP contribution in [0.5, 0.6) is 5.75 Å². The fourth-order valence-electron chi connectivity index (χ4n) is 2.68. The Bertz CT molecular complexity index is 387. The molecule has 0 amide bonds. The molecule has 0 radical (unpaired) electrons. The lowest BCUT2D eigenvalue weighted by atomic mass is 9.95. The third kappa shape index (κ3) is 2.81. The maximum absolute atomic E-state index is 5.49. The van der Waals surface area contributed by atoms with Crippen LogP contribution in [0.1, 0.15) is 36.0 Å². The van der Waals surface area contributed by atoms with E-state index in [0.29, 0.717) is 0 Å². The number of rotatable bonds is 1. The lowest BCUT2D eigenvalue weighted by molar-refractivity contribution is 0.314. The summed E-state index contributed by atoms with van der Waals surface area (Å²) in [6.45, 7) is 4.51. The molecule has 0 fully saturated rings. The molecule has 0 N–H and O–H groups in total. The SMILES string of the molecule is COc1ccc2c(C)c1CCCCCN(C)C2. The molecule has 1 aromatic rings. The van der Waals surface area contributed by atoms with Crippen LogP contribution in [0.3, 0.4) is 0 Å². The zero-order valence-corrected chi connectivity index (χ0v) is 11.3. The van der Waals surface area contributed by atoms with Crippen molar-refractivity contribution < 1.29 is 4.74 Å². The van der Waals surface area contributed by atoms with Gasteiger partial charge in [-0.3, -0.25) is 0 Å². The molecule has 0 atom stereocenters. The van der Waals surface area contributed by atoms with Crippen LogP contribution in [-0.4, -0.2) is 25.6 Å². The van der Waals surface area contributed by atoms with Crippen LogP contribution in [0.15, 0.2) is 12.1 Å². The van der Waals surface area contributed by atoms with Gasteiger partial charge in [-0.15, -0.1) is 0 Å². The summed E-state index contributed by atoms with van der Waals surface area (Å²) in [5.74, 6) is 1.06. The van der Waals surface area contributed by atoms with Gasteiger partial charge in [0.2, 0.25) is 0 Å². The summed E-state index contributed by atoms with van der Waals surface area (Å²) in [6.07, 6.45) is 5.06. The van der Waals surface area contributed by atoms with Crippen LogP contribution in [0.2, 0.25) is 0 Å². The van der Waals surface area contributed by atoms with Gasteiger partial charge in [-0.2, -0.15) is 0 Å². The number of ether oxygens (including phenoxy) is 1. The van der Waals surface area contributed by atoms with E-state index in [4.69, 9.17) is 4.74 Å². The fourth-order valence-corrected chi connectivity index (χ4v) is 2.68. The minimum Gasteiger partial charge on any atom is -0.496 e. The van der Waals surface area contributed by atoms with E-state index in [1.807, 2.05) is 0 Å². The van der Waals surface area contributed by atoms with Crippen molar-refractivity contribution in [3.8, 4) is 5.75 Å². The van der Waals surface area contributed by atoms with E-state index < -0.39 is 0 Å². The van der Waals surface area contributed by atoms with Crippen LogP contribution in [0, 0.1) is 6.92 Å². The number of hydrogen-bond donors (Lipinski definition) is 0. The monoisotopic (exact) mass is 233 g/mol. The van der Waals surface area contributed by atoms with Crippen molar-refractivity contribution in [3.05, 3.63) is 28.8 Å². The molecular weight excluding hydrogens is 210 g/mol. The van der Waals surface area contributed by atoms with Gasteiger partial charge in [-0.05, 0) is 62.5 Å². The first-order valence-electron chi connectivity index (χ1n) is 6.56. The second kappa shape index (κ2) is 5.54. The Morgan fingerprint density at radius 2 is 2.00 bits per heavy atom. The van der Waals surface area contributed by atoms with Gasteiger partial charge in [0.15, 0.2) is 0 Å². The van der Waals surface area contributed by atoms with Crippen LogP contribution >= 0.6 is 0 Å². The average Bonchev–Trinajstić information content (AvgIpc) is 2.31. The average molecular weight is 233 g/mol. The van der Waals surface area contributed by atoms with Gasteiger partial charge in [0.05, 0.1) is 7.11 Å². The van der Waals surface area contributed by atoms with Gasteiger partial charge < -0.3 is 9.64 Å². The highest BCUT2D eigenvalue weighted by Gasteiger charge is 2.13. The third-order valence-corrected chi connectivity index (χ3v) is 3.79. The number of benzene rings is 1. The highest BCUT2D eigenvalue weighted by Crippen LogP contribution is 2.28. The number of methoxy groups -OCH3 is 1. The van der Waals surface area contributed by atoms with Crippen molar-refractivity contribution in [2.75, 3.05) is 20.7 Å². The second-order valence-corrected chi connectivity index (χ2v) is 5.08. The summed E-state index contributed by atoms with van der Waals surface area (Å²) < 4.78 is 5.49. The summed E-state index contributed by atoms with van der Waals surface area (Å²) in [6, 6.07) is 4.35. The normalized spacial score (nSPS) is 17.8. The molecule has 2 heteroatoms. The molecular formula is C15H23NO. The fraction of sp³-hybridized carbons (Fsp3) is 0.600. The highest BCUT2D eigenvalue weighted by molar-refractivity contribution is 5.44. The topological polar surface area (TPSA) is 12.5 Å². The molecule has 0 saturated heterocycles. The number of nitrogens with zero attached hydrogens (tertiary/aromatic N) is 1. The van der Waals surface area contributed by atoms with Crippen LogP contribution in [0.25, 0.3) is 0 Å². The van der Waals surface area contributed by atoms with Crippen molar-refractivity contribution in [1.82, 2.24) is 4.90 Å². The van der Waals surface area contributed by atoms with Gasteiger partial charge in [0.25, 0.3) is 0 Å². The summed E-state index contributed by atoms with van der Waals surface area (Å²) in [7, 11) is 3.99. The van der Waals surface area contributed by atoms with Gasteiger partial charge in [0.1, 0.15) is 5.75 Å². The van der Waals surface area contributed by atoms with Gasteiger partial charge >= 0.3 is 0 Å². The third-order valence-electron chi connectivity index (χ3n) is 3.79. The maximum atomic E-state index is 5.49. The van der Waals surface area contributed by atoms with E-state index in [0.717, 1.165) is 18.7 Å². The largest absolute Gasteiger partial charge is 0.496 e. The molecule has 0 spiro atoms. The lowest BCUT2D eigenvalue weighted by Gasteiger charge is -2.22. The predicted octanol–water partition coefficient (Wildman–Crippen LogP) is 3.16. The van der Waals surface area contributed by atoms with Gasteiger partial charge in [-0.25, -0.2) is 0 Å². The molecule has 94 valence electrons. The highest BCUT2D eigenvalue weighted by atomic mass is 16.5. The summed E-state index contributed by atoms with van der Waals surface area (Å²) in [4.78, 5) is 2.42. The van der Waals surface area contributed by atoms with E-state index in [9.17, 15) is 0 Å².